The van der Waals surface area contributed by atoms with Crippen molar-refractivity contribution >= 4 is 11.6 Å². The lowest BCUT2D eigenvalue weighted by molar-refractivity contribution is -0.150. The van der Waals surface area contributed by atoms with Crippen LogP contribution in [0.2, 0.25) is 0 Å². The van der Waals surface area contributed by atoms with E-state index < -0.39 is 0 Å². The highest BCUT2D eigenvalue weighted by Gasteiger charge is 2.62. The van der Waals surface area contributed by atoms with Crippen molar-refractivity contribution in [2.24, 2.45) is 17.8 Å². The van der Waals surface area contributed by atoms with Crippen LogP contribution in [0, 0.1) is 17.8 Å². The number of carbonyl (C=O) groups is 2. The van der Waals surface area contributed by atoms with Crippen LogP contribution in [0.1, 0.15) is 32.6 Å². The van der Waals surface area contributed by atoms with Gasteiger partial charge >= 0.3 is 0 Å². The van der Waals surface area contributed by atoms with Crippen molar-refractivity contribution in [2.75, 3.05) is 6.54 Å². The number of piperidine rings is 1. The van der Waals surface area contributed by atoms with Crippen LogP contribution in [0.4, 0.5) is 0 Å². The Hall–Kier alpha value is -1.38. The summed E-state index contributed by atoms with van der Waals surface area (Å²) in [7, 11) is 0. The first-order valence-corrected chi connectivity index (χ1v) is 7.39. The Kier molecular flexibility index (Phi) is 2.16. The van der Waals surface area contributed by atoms with Crippen molar-refractivity contribution in [3.8, 4) is 0 Å². The summed E-state index contributed by atoms with van der Waals surface area (Å²) in [5, 5.41) is 0. The minimum Gasteiger partial charge on any atom is -0.367 e. The zero-order valence-corrected chi connectivity index (χ0v) is 11.3. The van der Waals surface area contributed by atoms with Gasteiger partial charge in [0, 0.05) is 18.0 Å². The SMILES string of the molecule is CC1CC2C(=O)C(=O)C3=CC=CN4CCCC2C34C1. The quantitative estimate of drug-likeness (QED) is 0.624. The highest BCUT2D eigenvalue weighted by molar-refractivity contribution is 6.46. The third-order valence-corrected chi connectivity index (χ3v) is 5.64. The number of hydrogen-bond donors (Lipinski definition) is 0. The van der Waals surface area contributed by atoms with E-state index in [1.807, 2.05) is 12.2 Å². The molecule has 4 unspecified atom stereocenters. The molecule has 3 fully saturated rings. The maximum absolute atomic E-state index is 12.4. The Labute approximate surface area is 113 Å². The molecule has 4 atom stereocenters. The van der Waals surface area contributed by atoms with Crippen LogP contribution in [0.15, 0.2) is 23.9 Å². The predicted molar refractivity (Wildman–Crippen MR) is 71.3 cm³/mol. The average molecular weight is 257 g/mol. The number of allylic oxidation sites excluding steroid dienone is 2. The summed E-state index contributed by atoms with van der Waals surface area (Å²) in [6.07, 6.45) is 10.1. The fourth-order valence-corrected chi connectivity index (χ4v) is 5.07. The molecule has 0 aromatic rings. The summed E-state index contributed by atoms with van der Waals surface area (Å²) in [5.74, 6) is 0.537. The molecular formula is C16H19NO2. The Balaban J connectivity index is 1.94. The topological polar surface area (TPSA) is 37.4 Å². The third-order valence-electron chi connectivity index (χ3n) is 5.64. The normalized spacial score (nSPS) is 43.9. The molecule has 19 heavy (non-hydrogen) atoms. The second-order valence-corrected chi connectivity index (χ2v) is 6.63. The number of ketones is 2. The minimum absolute atomic E-state index is 0.0253. The molecule has 3 heteroatoms. The van der Waals surface area contributed by atoms with Crippen molar-refractivity contribution < 1.29 is 9.59 Å². The van der Waals surface area contributed by atoms with Gasteiger partial charge in [0.15, 0.2) is 0 Å². The second kappa shape index (κ2) is 3.59. The molecular weight excluding hydrogens is 238 g/mol. The molecule has 0 radical (unpaired) electrons. The van der Waals surface area contributed by atoms with Gasteiger partial charge in [0.2, 0.25) is 11.6 Å². The van der Waals surface area contributed by atoms with E-state index in [4.69, 9.17) is 0 Å². The molecule has 4 rings (SSSR count). The summed E-state index contributed by atoms with van der Waals surface area (Å²) in [5.41, 5.74) is 0.632. The molecule has 0 aromatic heterocycles. The van der Waals surface area contributed by atoms with Gasteiger partial charge < -0.3 is 4.90 Å². The molecule has 0 N–H and O–H groups in total. The summed E-state index contributed by atoms with van der Waals surface area (Å²) in [6, 6.07) is 0. The highest BCUT2D eigenvalue weighted by Crippen LogP contribution is 2.56. The predicted octanol–water partition coefficient (Wildman–Crippen LogP) is 2.09. The highest BCUT2D eigenvalue weighted by atomic mass is 16.2. The van der Waals surface area contributed by atoms with Crippen molar-refractivity contribution in [2.45, 2.75) is 38.1 Å². The number of nitrogens with zero attached hydrogens (tertiary/aromatic N) is 1. The molecule has 2 aliphatic heterocycles. The van der Waals surface area contributed by atoms with Crippen molar-refractivity contribution in [3.05, 3.63) is 23.9 Å². The first-order chi connectivity index (χ1) is 9.14. The molecule has 100 valence electrons. The van der Waals surface area contributed by atoms with Gasteiger partial charge in [-0.1, -0.05) is 13.0 Å². The van der Waals surface area contributed by atoms with Crippen LogP contribution in [0.5, 0.6) is 0 Å². The number of rotatable bonds is 0. The maximum atomic E-state index is 12.4. The summed E-state index contributed by atoms with van der Waals surface area (Å²) < 4.78 is 0. The monoisotopic (exact) mass is 257 g/mol. The Morgan fingerprint density at radius 1 is 1.37 bits per heavy atom. The largest absolute Gasteiger partial charge is 0.367 e. The Morgan fingerprint density at radius 3 is 3.05 bits per heavy atom. The van der Waals surface area contributed by atoms with E-state index in [1.54, 1.807) is 0 Å². The van der Waals surface area contributed by atoms with Gasteiger partial charge in [-0.2, -0.15) is 0 Å². The minimum atomic E-state index is -0.204. The van der Waals surface area contributed by atoms with E-state index >= 15 is 0 Å². The van der Waals surface area contributed by atoms with Gasteiger partial charge in [0.1, 0.15) is 0 Å². The summed E-state index contributed by atoms with van der Waals surface area (Å²) >= 11 is 0. The van der Waals surface area contributed by atoms with Gasteiger partial charge in [-0.05, 0) is 49.8 Å². The lowest BCUT2D eigenvalue weighted by Crippen LogP contribution is -2.67. The third kappa shape index (κ3) is 1.24. The number of carbonyl (C=O) groups excluding carboxylic acids is 2. The Morgan fingerprint density at radius 2 is 2.21 bits per heavy atom. The molecule has 2 aliphatic carbocycles. The van der Waals surface area contributed by atoms with Gasteiger partial charge in [-0.25, -0.2) is 0 Å². The molecule has 2 bridgehead atoms. The fraction of sp³-hybridized carbons (Fsp3) is 0.625. The van der Waals surface area contributed by atoms with Gasteiger partial charge in [-0.3, -0.25) is 9.59 Å². The molecule has 0 amide bonds. The standard InChI is InChI=1S/C16H19NO2/c1-10-8-11-12-4-2-6-17-7-3-5-13(15(19)14(11)18)16(12,17)9-10/h3,5,7,10-12H,2,4,6,8-9H2,1H3. The summed E-state index contributed by atoms with van der Waals surface area (Å²) in [4.78, 5) is 27.2. The van der Waals surface area contributed by atoms with Crippen LogP contribution in [-0.2, 0) is 9.59 Å². The molecule has 4 aliphatic rings. The van der Waals surface area contributed by atoms with E-state index in [9.17, 15) is 9.59 Å². The molecule has 0 aromatic carbocycles. The molecule has 2 saturated carbocycles. The summed E-state index contributed by atoms with van der Waals surface area (Å²) in [6.45, 7) is 3.25. The van der Waals surface area contributed by atoms with Crippen LogP contribution < -0.4 is 0 Å². The molecule has 1 spiro atoms. The maximum Gasteiger partial charge on any atom is 0.227 e. The molecule has 2 heterocycles. The molecule has 1 saturated heterocycles. The smallest absolute Gasteiger partial charge is 0.227 e. The van der Waals surface area contributed by atoms with E-state index in [2.05, 4.69) is 18.0 Å². The molecule has 3 nitrogen and oxygen atoms in total. The zero-order valence-electron chi connectivity index (χ0n) is 11.3. The van der Waals surface area contributed by atoms with Crippen LogP contribution >= 0.6 is 0 Å². The van der Waals surface area contributed by atoms with Crippen molar-refractivity contribution in [1.82, 2.24) is 4.90 Å². The first-order valence-electron chi connectivity index (χ1n) is 7.39. The van der Waals surface area contributed by atoms with Crippen LogP contribution in [0.3, 0.4) is 0 Å². The van der Waals surface area contributed by atoms with Gasteiger partial charge in [0.25, 0.3) is 0 Å². The fourth-order valence-electron chi connectivity index (χ4n) is 5.07. The van der Waals surface area contributed by atoms with E-state index in [0.717, 1.165) is 37.8 Å². The zero-order chi connectivity index (χ0) is 13.2. The van der Waals surface area contributed by atoms with Gasteiger partial charge in [-0.15, -0.1) is 0 Å². The number of hydrogen-bond acceptors (Lipinski definition) is 3. The first kappa shape index (κ1) is 11.4. The van der Waals surface area contributed by atoms with E-state index in [0.29, 0.717) is 11.8 Å². The lowest BCUT2D eigenvalue weighted by Gasteiger charge is -2.61. The van der Waals surface area contributed by atoms with E-state index in [1.165, 1.54) is 0 Å². The lowest BCUT2D eigenvalue weighted by atomic mass is 9.51. The Bertz CT molecular complexity index is 533. The van der Waals surface area contributed by atoms with Crippen molar-refractivity contribution in [3.63, 3.8) is 0 Å². The van der Waals surface area contributed by atoms with Gasteiger partial charge in [0.05, 0.1) is 5.54 Å². The van der Waals surface area contributed by atoms with Crippen molar-refractivity contribution in [1.29, 1.82) is 0 Å². The number of Topliss-reactive ketones (excluding diaryl/α,β-unsaturated/α-hetero) is 2. The van der Waals surface area contributed by atoms with E-state index in [-0.39, 0.29) is 23.0 Å². The van der Waals surface area contributed by atoms with Crippen LogP contribution in [0.25, 0.3) is 0 Å². The second-order valence-electron chi connectivity index (χ2n) is 6.63. The van der Waals surface area contributed by atoms with Crippen LogP contribution in [-0.4, -0.2) is 28.6 Å². The average Bonchev–Trinajstić information content (AvgIpc) is 2.40.